The second kappa shape index (κ2) is 7.37. The molecule has 2 aromatic rings. The number of carbonyl (C=O) groups is 1. The van der Waals surface area contributed by atoms with E-state index in [-0.39, 0.29) is 16.8 Å². The van der Waals surface area contributed by atoms with Gasteiger partial charge in [-0.3, -0.25) is 9.52 Å². The molecule has 6 nitrogen and oxygen atoms in total. The van der Waals surface area contributed by atoms with Gasteiger partial charge in [0.2, 0.25) is 5.91 Å². The van der Waals surface area contributed by atoms with E-state index in [9.17, 15) is 13.2 Å². The highest BCUT2D eigenvalue weighted by molar-refractivity contribution is 7.92. The van der Waals surface area contributed by atoms with Crippen molar-refractivity contribution in [1.29, 1.82) is 0 Å². The molecule has 0 bridgehead atoms. The lowest BCUT2D eigenvalue weighted by molar-refractivity contribution is -0.116. The molecule has 1 aliphatic carbocycles. The maximum Gasteiger partial charge on any atom is 0.261 e. The molecule has 1 N–H and O–H groups in total. The number of hydrogen-bond acceptors (Lipinski definition) is 4. The van der Waals surface area contributed by atoms with Gasteiger partial charge in [-0.15, -0.1) is 0 Å². The van der Waals surface area contributed by atoms with Gasteiger partial charge in [-0.25, -0.2) is 8.42 Å². The van der Waals surface area contributed by atoms with E-state index >= 15 is 0 Å². The minimum atomic E-state index is -3.68. The Kier molecular flexibility index (Phi) is 5.18. The summed E-state index contributed by atoms with van der Waals surface area (Å²) >= 11 is 0. The van der Waals surface area contributed by atoms with Gasteiger partial charge in [-0.05, 0) is 68.3 Å². The molecule has 138 valence electrons. The summed E-state index contributed by atoms with van der Waals surface area (Å²) in [4.78, 5) is 13.7. The van der Waals surface area contributed by atoms with Crippen LogP contribution in [0.3, 0.4) is 0 Å². The molecule has 0 atom stereocenters. The molecule has 0 spiro atoms. The first kappa shape index (κ1) is 18.3. The van der Waals surface area contributed by atoms with E-state index in [4.69, 9.17) is 4.74 Å². The van der Waals surface area contributed by atoms with E-state index in [0.717, 1.165) is 18.5 Å². The maximum atomic E-state index is 12.5. The molecule has 1 saturated carbocycles. The molecule has 0 aromatic heterocycles. The highest BCUT2D eigenvalue weighted by Gasteiger charge is 2.31. The van der Waals surface area contributed by atoms with Crippen LogP contribution in [0.2, 0.25) is 0 Å². The molecule has 26 heavy (non-hydrogen) atoms. The number of nitrogens with zero attached hydrogens (tertiary/aromatic N) is 1. The lowest BCUT2D eigenvalue weighted by atomic mass is 10.2. The molecule has 0 unspecified atom stereocenters. The lowest BCUT2D eigenvalue weighted by Gasteiger charge is -2.21. The Hall–Kier alpha value is -2.54. The summed E-state index contributed by atoms with van der Waals surface area (Å²) < 4.78 is 32.9. The Morgan fingerprint density at radius 2 is 1.73 bits per heavy atom. The van der Waals surface area contributed by atoms with Crippen LogP contribution < -0.4 is 14.4 Å². The highest BCUT2D eigenvalue weighted by Crippen LogP contribution is 2.32. The second-order valence-electron chi connectivity index (χ2n) is 6.18. The van der Waals surface area contributed by atoms with E-state index in [1.165, 1.54) is 12.1 Å². The second-order valence-corrected chi connectivity index (χ2v) is 7.86. The average molecular weight is 374 g/mol. The SMILES string of the molecule is CCOc1ccc(S(=O)(=O)Nc2ccc(N(C(C)=O)C3CC3)cc2)cc1. The van der Waals surface area contributed by atoms with Crippen molar-refractivity contribution in [2.75, 3.05) is 16.2 Å². The Morgan fingerprint density at radius 1 is 1.12 bits per heavy atom. The normalized spacial score (nSPS) is 13.9. The topological polar surface area (TPSA) is 75.7 Å². The fraction of sp³-hybridized carbons (Fsp3) is 0.316. The van der Waals surface area contributed by atoms with Crippen LogP contribution in [0.25, 0.3) is 0 Å². The van der Waals surface area contributed by atoms with Crippen molar-refractivity contribution in [3.8, 4) is 5.75 Å². The van der Waals surface area contributed by atoms with Gasteiger partial charge >= 0.3 is 0 Å². The molecule has 7 heteroatoms. The minimum Gasteiger partial charge on any atom is -0.494 e. The Labute approximate surface area is 153 Å². The van der Waals surface area contributed by atoms with E-state index in [1.54, 1.807) is 48.2 Å². The molecular weight excluding hydrogens is 352 g/mol. The summed E-state index contributed by atoms with van der Waals surface area (Å²) in [5, 5.41) is 0. The summed E-state index contributed by atoms with van der Waals surface area (Å²) in [5.74, 6) is 0.621. The van der Waals surface area contributed by atoms with Gasteiger partial charge < -0.3 is 9.64 Å². The van der Waals surface area contributed by atoms with Crippen LogP contribution in [0.1, 0.15) is 26.7 Å². The first-order chi connectivity index (χ1) is 12.4. The third kappa shape index (κ3) is 4.16. The number of hydrogen-bond donors (Lipinski definition) is 1. The van der Waals surface area contributed by atoms with E-state index < -0.39 is 10.0 Å². The number of amides is 1. The average Bonchev–Trinajstić information content (AvgIpc) is 3.42. The van der Waals surface area contributed by atoms with Crippen molar-refractivity contribution in [3.05, 3.63) is 48.5 Å². The number of anilines is 2. The number of sulfonamides is 1. The van der Waals surface area contributed by atoms with Gasteiger partial charge in [-0.1, -0.05) is 0 Å². The van der Waals surface area contributed by atoms with Gasteiger partial charge in [0.15, 0.2) is 0 Å². The van der Waals surface area contributed by atoms with E-state index in [1.807, 2.05) is 6.92 Å². The molecule has 0 heterocycles. The zero-order valence-electron chi connectivity index (χ0n) is 14.8. The summed E-state index contributed by atoms with van der Waals surface area (Å²) in [6, 6.07) is 13.4. The highest BCUT2D eigenvalue weighted by atomic mass is 32.2. The van der Waals surface area contributed by atoms with Crippen LogP contribution in [0.4, 0.5) is 11.4 Å². The van der Waals surface area contributed by atoms with Crippen LogP contribution in [0, 0.1) is 0 Å². The molecule has 0 radical (unpaired) electrons. The number of benzene rings is 2. The molecule has 0 aliphatic heterocycles. The number of ether oxygens (including phenoxy) is 1. The minimum absolute atomic E-state index is 0.00443. The van der Waals surface area contributed by atoms with Crippen molar-refractivity contribution in [1.82, 2.24) is 0 Å². The van der Waals surface area contributed by atoms with Gasteiger partial charge in [0.05, 0.1) is 11.5 Å². The standard InChI is InChI=1S/C19H22N2O4S/c1-3-25-18-10-12-19(13-11-18)26(23,24)20-15-4-6-16(7-5-15)21(14(2)22)17-8-9-17/h4-7,10-13,17,20H,3,8-9H2,1-2H3. The lowest BCUT2D eigenvalue weighted by Crippen LogP contribution is -2.30. The molecule has 1 aliphatic rings. The summed E-state index contributed by atoms with van der Waals surface area (Å²) in [6.07, 6.45) is 2.01. The summed E-state index contributed by atoms with van der Waals surface area (Å²) in [5.41, 5.74) is 1.23. The number of rotatable bonds is 7. The van der Waals surface area contributed by atoms with Crippen LogP contribution in [-0.4, -0.2) is 27.0 Å². The van der Waals surface area contributed by atoms with Crippen LogP contribution in [-0.2, 0) is 14.8 Å². The van der Waals surface area contributed by atoms with Crippen LogP contribution in [0.5, 0.6) is 5.75 Å². The number of carbonyl (C=O) groups excluding carboxylic acids is 1. The zero-order valence-corrected chi connectivity index (χ0v) is 15.6. The van der Waals surface area contributed by atoms with Gasteiger partial charge in [-0.2, -0.15) is 0 Å². The molecule has 2 aromatic carbocycles. The van der Waals surface area contributed by atoms with Crippen molar-refractivity contribution in [2.45, 2.75) is 37.6 Å². The van der Waals surface area contributed by atoms with Gasteiger partial charge in [0, 0.05) is 24.3 Å². The predicted octanol–water partition coefficient (Wildman–Crippen LogP) is 3.40. The summed E-state index contributed by atoms with van der Waals surface area (Å²) in [7, 11) is -3.68. The fourth-order valence-corrected chi connectivity index (χ4v) is 3.83. The third-order valence-corrected chi connectivity index (χ3v) is 5.49. The molecule has 1 fully saturated rings. The van der Waals surface area contributed by atoms with E-state index in [0.29, 0.717) is 18.0 Å². The first-order valence-electron chi connectivity index (χ1n) is 8.56. The third-order valence-electron chi connectivity index (χ3n) is 4.09. The Bertz CT molecular complexity index is 873. The monoisotopic (exact) mass is 374 g/mol. The van der Waals surface area contributed by atoms with Gasteiger partial charge in [0.25, 0.3) is 10.0 Å². The Morgan fingerprint density at radius 3 is 2.23 bits per heavy atom. The number of nitrogens with one attached hydrogen (secondary N) is 1. The van der Waals surface area contributed by atoms with Crippen LogP contribution in [0.15, 0.2) is 53.4 Å². The fourth-order valence-electron chi connectivity index (χ4n) is 2.77. The molecule has 0 saturated heterocycles. The molecule has 1 amide bonds. The van der Waals surface area contributed by atoms with Crippen molar-refractivity contribution >= 4 is 27.3 Å². The van der Waals surface area contributed by atoms with Crippen molar-refractivity contribution in [3.63, 3.8) is 0 Å². The largest absolute Gasteiger partial charge is 0.494 e. The quantitative estimate of drug-likeness (QED) is 0.806. The van der Waals surface area contributed by atoms with Gasteiger partial charge in [0.1, 0.15) is 5.75 Å². The first-order valence-corrected chi connectivity index (χ1v) is 10.0. The molecule has 3 rings (SSSR count). The Balaban J connectivity index is 1.74. The smallest absolute Gasteiger partial charge is 0.261 e. The molecular formula is C19H22N2O4S. The van der Waals surface area contributed by atoms with E-state index in [2.05, 4.69) is 4.72 Å². The predicted molar refractivity (Wildman–Crippen MR) is 101 cm³/mol. The van der Waals surface area contributed by atoms with Crippen LogP contribution >= 0.6 is 0 Å². The maximum absolute atomic E-state index is 12.5. The summed E-state index contributed by atoms with van der Waals surface area (Å²) in [6.45, 7) is 3.93. The van der Waals surface area contributed by atoms with Crippen molar-refractivity contribution in [2.24, 2.45) is 0 Å². The van der Waals surface area contributed by atoms with Crippen molar-refractivity contribution < 1.29 is 17.9 Å². The zero-order chi connectivity index (χ0) is 18.7.